The fourth-order valence-electron chi connectivity index (χ4n) is 3.01. The summed E-state index contributed by atoms with van der Waals surface area (Å²) in [4.78, 5) is 14.5. The Balaban J connectivity index is 1.73. The van der Waals surface area contributed by atoms with Gasteiger partial charge in [-0.15, -0.1) is 0 Å². The zero-order valence-corrected chi connectivity index (χ0v) is 14.0. The van der Waals surface area contributed by atoms with Crippen LogP contribution in [0, 0.1) is 0 Å². The second kappa shape index (κ2) is 7.25. The molecule has 0 bridgehead atoms. The van der Waals surface area contributed by atoms with Crippen LogP contribution in [0.2, 0.25) is 0 Å². The maximum absolute atomic E-state index is 12.7. The molecule has 2 aromatic carbocycles. The summed E-state index contributed by atoms with van der Waals surface area (Å²) >= 11 is 0. The van der Waals surface area contributed by atoms with E-state index in [-0.39, 0.29) is 12.5 Å². The minimum atomic E-state index is 0.0482. The van der Waals surface area contributed by atoms with Crippen molar-refractivity contribution in [2.24, 2.45) is 0 Å². The average Bonchev–Trinajstić information content (AvgIpc) is 2.65. The van der Waals surface area contributed by atoms with Crippen LogP contribution in [0.4, 0.5) is 11.4 Å². The smallest absolute Gasteiger partial charge is 0.246 e. The first-order valence-electron chi connectivity index (χ1n) is 8.07. The average molecular weight is 326 g/mol. The molecule has 0 spiro atoms. The summed E-state index contributed by atoms with van der Waals surface area (Å²) in [6.07, 6.45) is 2.02. The Morgan fingerprint density at radius 3 is 2.79 bits per heavy atom. The van der Waals surface area contributed by atoms with Gasteiger partial charge in [0.15, 0.2) is 0 Å². The van der Waals surface area contributed by atoms with E-state index in [4.69, 9.17) is 9.47 Å². The molecule has 1 aliphatic rings. The lowest BCUT2D eigenvalue weighted by molar-refractivity contribution is -0.117. The van der Waals surface area contributed by atoms with Crippen molar-refractivity contribution in [3.8, 4) is 11.5 Å². The highest BCUT2D eigenvalue weighted by molar-refractivity contribution is 5.97. The van der Waals surface area contributed by atoms with Crippen molar-refractivity contribution in [2.45, 2.75) is 12.8 Å². The van der Waals surface area contributed by atoms with Crippen LogP contribution in [0.25, 0.3) is 0 Å². The van der Waals surface area contributed by atoms with E-state index in [1.807, 2.05) is 41.3 Å². The molecule has 0 aromatic heterocycles. The normalized spacial score (nSPS) is 13.2. The van der Waals surface area contributed by atoms with E-state index in [1.165, 1.54) is 5.56 Å². The highest BCUT2D eigenvalue weighted by atomic mass is 16.5. The molecule has 0 radical (unpaired) electrons. The second-order valence-corrected chi connectivity index (χ2v) is 5.70. The molecule has 0 saturated carbocycles. The van der Waals surface area contributed by atoms with Crippen molar-refractivity contribution in [1.82, 2.24) is 0 Å². The Hall–Kier alpha value is -2.69. The van der Waals surface area contributed by atoms with Crippen molar-refractivity contribution in [2.75, 3.05) is 37.5 Å². The molecule has 0 aliphatic carbocycles. The van der Waals surface area contributed by atoms with Gasteiger partial charge in [0.05, 0.1) is 26.5 Å². The van der Waals surface area contributed by atoms with Crippen LogP contribution in [0.1, 0.15) is 12.0 Å². The van der Waals surface area contributed by atoms with Crippen LogP contribution < -0.4 is 19.7 Å². The summed E-state index contributed by atoms with van der Waals surface area (Å²) in [5, 5.41) is 3.17. The molecule has 3 rings (SSSR count). The third-order valence-corrected chi connectivity index (χ3v) is 4.25. The van der Waals surface area contributed by atoms with Crippen molar-refractivity contribution < 1.29 is 14.3 Å². The Labute approximate surface area is 142 Å². The molecular weight excluding hydrogens is 304 g/mol. The molecule has 1 amide bonds. The molecular formula is C19H22N2O3. The molecule has 0 atom stereocenters. The molecule has 0 saturated heterocycles. The predicted octanol–water partition coefficient (Wildman–Crippen LogP) is 3.10. The lowest BCUT2D eigenvalue weighted by Gasteiger charge is -2.29. The number of amides is 1. The lowest BCUT2D eigenvalue weighted by atomic mass is 10.0. The summed E-state index contributed by atoms with van der Waals surface area (Å²) in [6.45, 7) is 0.963. The number of ether oxygens (including phenoxy) is 2. The molecule has 0 unspecified atom stereocenters. The SMILES string of the molecule is COc1ccc(OC)c(NCC(=O)N2CCCc3ccccc32)c1. The first-order valence-corrected chi connectivity index (χ1v) is 8.07. The number of hydrogen-bond acceptors (Lipinski definition) is 4. The van der Waals surface area contributed by atoms with Gasteiger partial charge in [0.1, 0.15) is 11.5 Å². The monoisotopic (exact) mass is 326 g/mol. The summed E-state index contributed by atoms with van der Waals surface area (Å²) in [5.41, 5.74) is 3.00. The van der Waals surface area contributed by atoms with Gasteiger partial charge in [0, 0.05) is 18.3 Å². The molecule has 0 fully saturated rings. The number of carbonyl (C=O) groups excluding carboxylic acids is 1. The Morgan fingerprint density at radius 1 is 1.17 bits per heavy atom. The van der Waals surface area contributed by atoms with Gasteiger partial charge in [-0.05, 0) is 36.6 Å². The van der Waals surface area contributed by atoms with E-state index >= 15 is 0 Å². The fourth-order valence-corrected chi connectivity index (χ4v) is 3.01. The topological polar surface area (TPSA) is 50.8 Å². The van der Waals surface area contributed by atoms with Gasteiger partial charge in [-0.3, -0.25) is 4.79 Å². The van der Waals surface area contributed by atoms with Gasteiger partial charge >= 0.3 is 0 Å². The molecule has 1 aliphatic heterocycles. The first-order chi connectivity index (χ1) is 11.7. The summed E-state index contributed by atoms with van der Waals surface area (Å²) in [5.74, 6) is 1.45. The van der Waals surface area contributed by atoms with Gasteiger partial charge < -0.3 is 19.7 Å². The van der Waals surface area contributed by atoms with Crippen LogP contribution in [-0.2, 0) is 11.2 Å². The Morgan fingerprint density at radius 2 is 2.00 bits per heavy atom. The molecule has 126 valence electrons. The number of fused-ring (bicyclic) bond motifs is 1. The van der Waals surface area contributed by atoms with Crippen LogP contribution in [-0.4, -0.2) is 33.2 Å². The standard InChI is InChI=1S/C19H22N2O3/c1-23-15-9-10-18(24-2)16(12-15)20-13-19(22)21-11-5-7-14-6-3-4-8-17(14)21/h3-4,6,8-10,12,20H,5,7,11,13H2,1-2H3. The lowest BCUT2D eigenvalue weighted by Crippen LogP contribution is -2.39. The van der Waals surface area contributed by atoms with Gasteiger partial charge in [-0.1, -0.05) is 18.2 Å². The van der Waals surface area contributed by atoms with E-state index in [9.17, 15) is 4.79 Å². The van der Waals surface area contributed by atoms with Crippen molar-refractivity contribution in [3.63, 3.8) is 0 Å². The van der Waals surface area contributed by atoms with Crippen LogP contribution in [0.3, 0.4) is 0 Å². The third kappa shape index (κ3) is 3.30. The Kier molecular flexibility index (Phi) is 4.89. The van der Waals surface area contributed by atoms with Gasteiger partial charge in [-0.25, -0.2) is 0 Å². The minimum Gasteiger partial charge on any atom is -0.497 e. The molecule has 2 aromatic rings. The summed E-state index contributed by atoms with van der Waals surface area (Å²) in [6, 6.07) is 13.6. The summed E-state index contributed by atoms with van der Waals surface area (Å²) in [7, 11) is 3.22. The van der Waals surface area contributed by atoms with Gasteiger partial charge in [-0.2, -0.15) is 0 Å². The number of benzene rings is 2. The maximum Gasteiger partial charge on any atom is 0.246 e. The van der Waals surface area contributed by atoms with E-state index in [0.717, 1.165) is 30.8 Å². The first kappa shape index (κ1) is 16.2. The summed E-state index contributed by atoms with van der Waals surface area (Å²) < 4.78 is 10.6. The Bertz CT molecular complexity index is 730. The number of nitrogens with one attached hydrogen (secondary N) is 1. The fraction of sp³-hybridized carbons (Fsp3) is 0.316. The van der Waals surface area contributed by atoms with E-state index in [1.54, 1.807) is 14.2 Å². The largest absolute Gasteiger partial charge is 0.497 e. The van der Waals surface area contributed by atoms with E-state index in [2.05, 4.69) is 11.4 Å². The number of nitrogens with zero attached hydrogens (tertiary/aromatic N) is 1. The molecule has 5 heteroatoms. The van der Waals surface area contributed by atoms with E-state index in [0.29, 0.717) is 11.5 Å². The van der Waals surface area contributed by atoms with Crippen molar-refractivity contribution in [1.29, 1.82) is 0 Å². The molecule has 24 heavy (non-hydrogen) atoms. The van der Waals surface area contributed by atoms with Gasteiger partial charge in [0.2, 0.25) is 5.91 Å². The van der Waals surface area contributed by atoms with Gasteiger partial charge in [0.25, 0.3) is 0 Å². The van der Waals surface area contributed by atoms with E-state index < -0.39 is 0 Å². The van der Waals surface area contributed by atoms with Crippen LogP contribution >= 0.6 is 0 Å². The number of para-hydroxylation sites is 1. The van der Waals surface area contributed by atoms with Crippen LogP contribution in [0.5, 0.6) is 11.5 Å². The number of hydrogen-bond donors (Lipinski definition) is 1. The number of rotatable bonds is 5. The second-order valence-electron chi connectivity index (χ2n) is 5.70. The van der Waals surface area contributed by atoms with Crippen molar-refractivity contribution in [3.05, 3.63) is 48.0 Å². The zero-order chi connectivity index (χ0) is 16.9. The molecule has 5 nitrogen and oxygen atoms in total. The zero-order valence-electron chi connectivity index (χ0n) is 14.0. The number of carbonyl (C=O) groups is 1. The number of aryl methyl sites for hydroxylation is 1. The maximum atomic E-state index is 12.7. The highest BCUT2D eigenvalue weighted by Gasteiger charge is 2.22. The predicted molar refractivity (Wildman–Crippen MR) is 95.2 cm³/mol. The highest BCUT2D eigenvalue weighted by Crippen LogP contribution is 2.30. The minimum absolute atomic E-state index is 0.0482. The van der Waals surface area contributed by atoms with Crippen LogP contribution in [0.15, 0.2) is 42.5 Å². The quantitative estimate of drug-likeness (QED) is 0.917. The third-order valence-electron chi connectivity index (χ3n) is 4.25. The number of methoxy groups -OCH3 is 2. The number of anilines is 2. The van der Waals surface area contributed by atoms with Crippen molar-refractivity contribution >= 4 is 17.3 Å². The molecule has 1 heterocycles. The molecule has 1 N–H and O–H groups in total.